The first kappa shape index (κ1) is 14.9. The molecule has 2 aromatic rings. The monoisotopic (exact) mass is 299 g/mol. The molecule has 2 heterocycles. The quantitative estimate of drug-likeness (QED) is 0.896. The Bertz CT molecular complexity index is 610. The summed E-state index contributed by atoms with van der Waals surface area (Å²) in [5.74, 6) is 1.25. The zero-order chi connectivity index (χ0) is 15.4. The third-order valence-electron chi connectivity index (χ3n) is 4.23. The molecule has 116 valence electrons. The van der Waals surface area contributed by atoms with Gasteiger partial charge >= 0.3 is 0 Å². The standard InChI is InChI=1S/C17H21N3O2/c21-13-15-18-9-6-16(19-15)20-10-7-17(22,8-11-20)12-14-4-2-1-3-5-14/h1-6,9,21-22H,7-8,10-13H2. The van der Waals surface area contributed by atoms with Crippen LogP contribution in [0.25, 0.3) is 0 Å². The molecule has 0 bridgehead atoms. The Labute approximate surface area is 130 Å². The average molecular weight is 299 g/mol. The van der Waals surface area contributed by atoms with Gasteiger partial charge in [0.25, 0.3) is 0 Å². The Balaban J connectivity index is 1.64. The highest BCUT2D eigenvalue weighted by Gasteiger charge is 2.32. The zero-order valence-electron chi connectivity index (χ0n) is 12.5. The molecule has 1 saturated heterocycles. The molecule has 1 aliphatic heterocycles. The molecule has 5 heteroatoms. The van der Waals surface area contributed by atoms with Gasteiger partial charge in [0, 0.05) is 25.7 Å². The van der Waals surface area contributed by atoms with Crippen LogP contribution in [0, 0.1) is 0 Å². The van der Waals surface area contributed by atoms with Gasteiger partial charge in [-0.15, -0.1) is 0 Å². The van der Waals surface area contributed by atoms with Crippen LogP contribution in [-0.4, -0.2) is 38.9 Å². The lowest BCUT2D eigenvalue weighted by molar-refractivity contribution is 0.0164. The first-order valence-corrected chi connectivity index (χ1v) is 7.63. The molecule has 1 aliphatic rings. The van der Waals surface area contributed by atoms with Crippen molar-refractivity contribution in [2.45, 2.75) is 31.5 Å². The molecule has 1 aromatic heterocycles. The summed E-state index contributed by atoms with van der Waals surface area (Å²) in [4.78, 5) is 10.5. The number of aliphatic hydroxyl groups excluding tert-OH is 1. The lowest BCUT2D eigenvalue weighted by atomic mass is 9.85. The van der Waals surface area contributed by atoms with Gasteiger partial charge in [0.15, 0.2) is 5.82 Å². The molecule has 0 saturated carbocycles. The summed E-state index contributed by atoms with van der Waals surface area (Å²) in [7, 11) is 0. The Morgan fingerprint density at radius 2 is 1.82 bits per heavy atom. The van der Waals surface area contributed by atoms with Gasteiger partial charge in [-0.05, 0) is 24.5 Å². The fourth-order valence-electron chi connectivity index (χ4n) is 2.95. The lowest BCUT2D eigenvalue weighted by Crippen LogP contribution is -2.46. The van der Waals surface area contributed by atoms with E-state index in [2.05, 4.69) is 27.0 Å². The number of rotatable bonds is 4. The van der Waals surface area contributed by atoms with Crippen LogP contribution in [0.4, 0.5) is 5.82 Å². The number of benzene rings is 1. The molecule has 1 aromatic carbocycles. The highest BCUT2D eigenvalue weighted by atomic mass is 16.3. The minimum atomic E-state index is -0.648. The molecule has 0 aliphatic carbocycles. The van der Waals surface area contributed by atoms with Crippen molar-refractivity contribution in [1.29, 1.82) is 0 Å². The van der Waals surface area contributed by atoms with Gasteiger partial charge < -0.3 is 15.1 Å². The maximum atomic E-state index is 10.8. The van der Waals surface area contributed by atoms with Crippen LogP contribution in [-0.2, 0) is 13.0 Å². The maximum absolute atomic E-state index is 10.8. The zero-order valence-corrected chi connectivity index (χ0v) is 12.5. The van der Waals surface area contributed by atoms with Gasteiger partial charge in [0.05, 0.1) is 5.60 Å². The molecule has 2 N–H and O–H groups in total. The van der Waals surface area contributed by atoms with E-state index in [1.54, 1.807) is 6.20 Å². The minimum absolute atomic E-state index is 0.153. The Hall–Kier alpha value is -1.98. The summed E-state index contributed by atoms with van der Waals surface area (Å²) in [5.41, 5.74) is 0.521. The summed E-state index contributed by atoms with van der Waals surface area (Å²) >= 11 is 0. The first-order valence-electron chi connectivity index (χ1n) is 7.63. The number of nitrogens with zero attached hydrogens (tertiary/aromatic N) is 3. The topological polar surface area (TPSA) is 69.5 Å². The molecule has 22 heavy (non-hydrogen) atoms. The van der Waals surface area contributed by atoms with E-state index in [-0.39, 0.29) is 6.61 Å². The molecule has 0 spiro atoms. The molecular formula is C17H21N3O2. The second-order valence-corrected chi connectivity index (χ2v) is 5.86. The summed E-state index contributed by atoms with van der Waals surface area (Å²) < 4.78 is 0. The van der Waals surface area contributed by atoms with Crippen molar-refractivity contribution >= 4 is 5.82 Å². The van der Waals surface area contributed by atoms with Crippen LogP contribution in [0.2, 0.25) is 0 Å². The van der Waals surface area contributed by atoms with Crippen LogP contribution in [0.15, 0.2) is 42.6 Å². The van der Waals surface area contributed by atoms with Crippen molar-refractivity contribution in [3.8, 4) is 0 Å². The summed E-state index contributed by atoms with van der Waals surface area (Å²) in [5, 5.41) is 19.9. The van der Waals surface area contributed by atoms with Crippen LogP contribution in [0.1, 0.15) is 24.2 Å². The third-order valence-corrected chi connectivity index (χ3v) is 4.23. The Morgan fingerprint density at radius 3 is 2.50 bits per heavy atom. The Morgan fingerprint density at radius 1 is 1.09 bits per heavy atom. The number of piperidine rings is 1. The molecule has 0 unspecified atom stereocenters. The van der Waals surface area contributed by atoms with Crippen molar-refractivity contribution in [1.82, 2.24) is 9.97 Å². The lowest BCUT2D eigenvalue weighted by Gasteiger charge is -2.39. The van der Waals surface area contributed by atoms with Crippen LogP contribution in [0.3, 0.4) is 0 Å². The smallest absolute Gasteiger partial charge is 0.156 e. The summed E-state index contributed by atoms with van der Waals surface area (Å²) in [6, 6.07) is 12.0. The van der Waals surface area contributed by atoms with Crippen molar-refractivity contribution in [2.24, 2.45) is 0 Å². The number of aromatic nitrogens is 2. The fraction of sp³-hybridized carbons (Fsp3) is 0.412. The van der Waals surface area contributed by atoms with Crippen LogP contribution >= 0.6 is 0 Å². The first-order chi connectivity index (χ1) is 10.7. The predicted octanol–water partition coefficient (Wildman–Crippen LogP) is 1.54. The van der Waals surface area contributed by atoms with Gasteiger partial charge in [-0.2, -0.15) is 0 Å². The average Bonchev–Trinajstić information content (AvgIpc) is 2.56. The second kappa shape index (κ2) is 6.42. The van der Waals surface area contributed by atoms with E-state index in [1.165, 1.54) is 5.56 Å². The van der Waals surface area contributed by atoms with Crippen LogP contribution in [0.5, 0.6) is 0 Å². The molecular weight excluding hydrogens is 278 g/mol. The third kappa shape index (κ3) is 3.43. The van der Waals surface area contributed by atoms with E-state index in [4.69, 9.17) is 5.11 Å². The van der Waals surface area contributed by atoms with Gasteiger partial charge in [-0.25, -0.2) is 9.97 Å². The number of aliphatic hydroxyl groups is 2. The molecule has 1 fully saturated rings. The number of hydrogen-bond acceptors (Lipinski definition) is 5. The van der Waals surface area contributed by atoms with E-state index in [0.717, 1.165) is 18.9 Å². The molecule has 0 amide bonds. The van der Waals surface area contributed by atoms with Crippen molar-refractivity contribution in [2.75, 3.05) is 18.0 Å². The van der Waals surface area contributed by atoms with Crippen molar-refractivity contribution in [3.63, 3.8) is 0 Å². The minimum Gasteiger partial charge on any atom is -0.389 e. The number of anilines is 1. The summed E-state index contributed by atoms with van der Waals surface area (Å²) in [6.45, 7) is 1.36. The molecule has 3 rings (SSSR count). The highest BCUT2D eigenvalue weighted by Crippen LogP contribution is 2.28. The highest BCUT2D eigenvalue weighted by molar-refractivity contribution is 5.38. The van der Waals surface area contributed by atoms with E-state index < -0.39 is 5.60 Å². The van der Waals surface area contributed by atoms with Gasteiger partial charge in [-0.1, -0.05) is 30.3 Å². The number of hydrogen-bond donors (Lipinski definition) is 2. The van der Waals surface area contributed by atoms with Crippen molar-refractivity contribution < 1.29 is 10.2 Å². The fourth-order valence-corrected chi connectivity index (χ4v) is 2.95. The van der Waals surface area contributed by atoms with Gasteiger partial charge in [-0.3, -0.25) is 0 Å². The normalized spacial score (nSPS) is 17.5. The van der Waals surface area contributed by atoms with E-state index in [1.807, 2.05) is 24.3 Å². The van der Waals surface area contributed by atoms with Crippen molar-refractivity contribution in [3.05, 3.63) is 54.0 Å². The van der Waals surface area contributed by atoms with Crippen LogP contribution < -0.4 is 4.90 Å². The molecule has 0 atom stereocenters. The van der Waals surface area contributed by atoms with E-state index in [9.17, 15) is 5.11 Å². The van der Waals surface area contributed by atoms with Gasteiger partial charge in [0.1, 0.15) is 12.4 Å². The maximum Gasteiger partial charge on any atom is 0.156 e. The van der Waals surface area contributed by atoms with Gasteiger partial charge in [0.2, 0.25) is 0 Å². The van der Waals surface area contributed by atoms with E-state index >= 15 is 0 Å². The summed E-state index contributed by atoms with van der Waals surface area (Å²) in [6.07, 6.45) is 3.77. The van der Waals surface area contributed by atoms with E-state index in [0.29, 0.717) is 25.1 Å². The molecule has 0 radical (unpaired) electrons. The molecule has 5 nitrogen and oxygen atoms in total. The largest absolute Gasteiger partial charge is 0.389 e. The SMILES string of the molecule is OCc1nccc(N2CCC(O)(Cc3ccccc3)CC2)n1. The predicted molar refractivity (Wildman–Crippen MR) is 84.5 cm³/mol. The Kier molecular flexibility index (Phi) is 4.36. The second-order valence-electron chi connectivity index (χ2n) is 5.86.